The van der Waals surface area contributed by atoms with Gasteiger partial charge in [-0.25, -0.2) is 9.78 Å². The molecule has 0 aliphatic heterocycles. The maximum absolute atomic E-state index is 11.8. The number of halogens is 1. The maximum Gasteiger partial charge on any atom is 0.327 e. The summed E-state index contributed by atoms with van der Waals surface area (Å²) in [4.78, 5) is 17.4. The fourth-order valence-corrected chi connectivity index (χ4v) is 1.94. The third kappa shape index (κ3) is 2.95. The molecule has 1 N–H and O–H groups in total. The summed E-state index contributed by atoms with van der Waals surface area (Å²) in [5, 5.41) is 5.86. The van der Waals surface area contributed by atoms with Gasteiger partial charge in [-0.15, -0.1) is 11.3 Å². The van der Waals surface area contributed by atoms with Gasteiger partial charge in [-0.2, -0.15) is 0 Å². The van der Waals surface area contributed by atoms with Gasteiger partial charge in [-0.3, -0.25) is 4.90 Å². The first kappa shape index (κ1) is 11.9. The summed E-state index contributed by atoms with van der Waals surface area (Å²) in [6.45, 7) is 0. The van der Waals surface area contributed by atoms with Crippen LogP contribution in [0.4, 0.5) is 15.6 Å². The Morgan fingerprint density at radius 2 is 2.12 bits per heavy atom. The van der Waals surface area contributed by atoms with Crippen LogP contribution in [0.5, 0.6) is 0 Å². The van der Waals surface area contributed by atoms with Crippen LogP contribution < -0.4 is 10.2 Å². The van der Waals surface area contributed by atoms with Crippen molar-refractivity contribution in [1.29, 1.82) is 0 Å². The van der Waals surface area contributed by atoms with E-state index in [2.05, 4.69) is 10.3 Å². The first-order chi connectivity index (χ1) is 8.16. The van der Waals surface area contributed by atoms with Crippen LogP contribution in [0.3, 0.4) is 0 Å². The monoisotopic (exact) mass is 267 g/mol. The zero-order valence-electron chi connectivity index (χ0n) is 9.05. The molecular weight excluding hydrogens is 258 g/mol. The van der Waals surface area contributed by atoms with E-state index in [4.69, 9.17) is 11.6 Å². The number of carbonyl (C=O) groups is 1. The van der Waals surface area contributed by atoms with Gasteiger partial charge in [0, 0.05) is 29.3 Å². The Balaban J connectivity index is 2.04. The van der Waals surface area contributed by atoms with E-state index in [0.29, 0.717) is 15.8 Å². The third-order valence-electron chi connectivity index (χ3n) is 2.11. The zero-order valence-corrected chi connectivity index (χ0v) is 10.6. The van der Waals surface area contributed by atoms with Gasteiger partial charge in [-0.1, -0.05) is 11.6 Å². The number of nitrogens with one attached hydrogen (secondary N) is 1. The maximum atomic E-state index is 11.8. The second-order valence-corrected chi connectivity index (χ2v) is 4.62. The van der Waals surface area contributed by atoms with Gasteiger partial charge >= 0.3 is 6.03 Å². The SMILES string of the molecule is CN(C(=O)Nc1ccc(Cl)cc1)c1nccs1. The van der Waals surface area contributed by atoms with Crippen molar-refractivity contribution in [3.63, 3.8) is 0 Å². The van der Waals surface area contributed by atoms with Gasteiger partial charge in [0.25, 0.3) is 0 Å². The number of urea groups is 1. The lowest BCUT2D eigenvalue weighted by Crippen LogP contribution is -2.30. The van der Waals surface area contributed by atoms with Crippen LogP contribution in [0.15, 0.2) is 35.8 Å². The van der Waals surface area contributed by atoms with Crippen molar-refractivity contribution in [2.24, 2.45) is 0 Å². The standard InChI is InChI=1S/C11H10ClN3OS/c1-15(11-13-6-7-17-11)10(16)14-9-4-2-8(12)3-5-9/h2-7H,1H3,(H,14,16). The van der Waals surface area contributed by atoms with Gasteiger partial charge in [0.1, 0.15) is 0 Å². The Kier molecular flexibility index (Phi) is 3.61. The van der Waals surface area contributed by atoms with E-state index in [1.807, 2.05) is 5.38 Å². The smallest absolute Gasteiger partial charge is 0.307 e. The minimum atomic E-state index is -0.234. The average Bonchev–Trinajstić information content (AvgIpc) is 2.84. The van der Waals surface area contributed by atoms with Crippen molar-refractivity contribution in [1.82, 2.24) is 4.98 Å². The predicted octanol–water partition coefficient (Wildman–Crippen LogP) is 3.46. The number of thiazole rings is 1. The van der Waals surface area contributed by atoms with Gasteiger partial charge in [0.15, 0.2) is 5.13 Å². The molecule has 1 aromatic carbocycles. The normalized spacial score (nSPS) is 10.0. The van der Waals surface area contributed by atoms with E-state index in [0.717, 1.165) is 0 Å². The number of hydrogen-bond donors (Lipinski definition) is 1. The molecule has 0 spiro atoms. The highest BCUT2D eigenvalue weighted by atomic mass is 35.5. The van der Waals surface area contributed by atoms with Crippen LogP contribution in [-0.4, -0.2) is 18.1 Å². The highest BCUT2D eigenvalue weighted by Gasteiger charge is 2.12. The van der Waals surface area contributed by atoms with Crippen LogP contribution in [0.2, 0.25) is 5.02 Å². The number of benzene rings is 1. The highest BCUT2D eigenvalue weighted by Crippen LogP contribution is 2.18. The second-order valence-electron chi connectivity index (χ2n) is 3.31. The summed E-state index contributed by atoms with van der Waals surface area (Å²) in [7, 11) is 1.67. The molecule has 2 aromatic rings. The molecule has 0 atom stereocenters. The lowest BCUT2D eigenvalue weighted by atomic mass is 10.3. The molecule has 0 saturated heterocycles. The number of anilines is 2. The highest BCUT2D eigenvalue weighted by molar-refractivity contribution is 7.13. The Bertz CT molecular complexity index is 498. The van der Waals surface area contributed by atoms with Crippen molar-refractivity contribution in [3.05, 3.63) is 40.9 Å². The van der Waals surface area contributed by atoms with Gasteiger partial charge in [0.2, 0.25) is 0 Å². The molecule has 0 radical (unpaired) electrons. The first-order valence-electron chi connectivity index (χ1n) is 4.86. The van der Waals surface area contributed by atoms with Crippen molar-refractivity contribution < 1.29 is 4.79 Å². The Morgan fingerprint density at radius 3 is 2.71 bits per heavy atom. The fraction of sp³-hybridized carbons (Fsp3) is 0.0909. The van der Waals surface area contributed by atoms with Crippen molar-refractivity contribution in [3.8, 4) is 0 Å². The minimum absolute atomic E-state index is 0.234. The Labute approximate surface area is 108 Å². The van der Waals surface area contributed by atoms with Crippen LogP contribution >= 0.6 is 22.9 Å². The molecule has 88 valence electrons. The molecule has 1 heterocycles. The number of carbonyl (C=O) groups excluding carboxylic acids is 1. The largest absolute Gasteiger partial charge is 0.327 e. The van der Waals surface area contributed by atoms with Crippen LogP contribution in [-0.2, 0) is 0 Å². The van der Waals surface area contributed by atoms with Crippen LogP contribution in [0.25, 0.3) is 0 Å². The zero-order chi connectivity index (χ0) is 12.3. The van der Waals surface area contributed by atoms with Gasteiger partial charge in [0.05, 0.1) is 0 Å². The molecule has 0 fully saturated rings. The molecule has 0 aliphatic carbocycles. The molecular formula is C11H10ClN3OS. The lowest BCUT2D eigenvalue weighted by molar-refractivity contribution is 0.258. The molecule has 0 aliphatic rings. The Morgan fingerprint density at radius 1 is 1.41 bits per heavy atom. The summed E-state index contributed by atoms with van der Waals surface area (Å²) in [6.07, 6.45) is 1.66. The van der Waals surface area contributed by atoms with Gasteiger partial charge in [-0.05, 0) is 24.3 Å². The van der Waals surface area contributed by atoms with Gasteiger partial charge < -0.3 is 5.32 Å². The van der Waals surface area contributed by atoms with E-state index in [1.54, 1.807) is 37.5 Å². The summed E-state index contributed by atoms with van der Waals surface area (Å²) in [5.74, 6) is 0. The quantitative estimate of drug-likeness (QED) is 0.906. The van der Waals surface area contributed by atoms with E-state index < -0.39 is 0 Å². The minimum Gasteiger partial charge on any atom is -0.307 e. The molecule has 17 heavy (non-hydrogen) atoms. The average molecular weight is 268 g/mol. The number of aromatic nitrogens is 1. The number of hydrogen-bond acceptors (Lipinski definition) is 3. The van der Waals surface area contributed by atoms with Crippen molar-refractivity contribution >= 4 is 39.8 Å². The second kappa shape index (κ2) is 5.16. The molecule has 0 unspecified atom stereocenters. The molecule has 0 bridgehead atoms. The molecule has 6 heteroatoms. The summed E-state index contributed by atoms with van der Waals surface area (Å²) in [6, 6.07) is 6.70. The molecule has 1 aromatic heterocycles. The lowest BCUT2D eigenvalue weighted by Gasteiger charge is -2.14. The molecule has 4 nitrogen and oxygen atoms in total. The summed E-state index contributed by atoms with van der Waals surface area (Å²) < 4.78 is 0. The number of amides is 2. The van der Waals surface area contributed by atoms with E-state index in [1.165, 1.54) is 16.2 Å². The number of rotatable bonds is 2. The Hall–Kier alpha value is -1.59. The van der Waals surface area contributed by atoms with Crippen LogP contribution in [0, 0.1) is 0 Å². The molecule has 2 rings (SSSR count). The fourth-order valence-electron chi connectivity index (χ4n) is 1.21. The molecule has 2 amide bonds. The van der Waals surface area contributed by atoms with Crippen molar-refractivity contribution in [2.75, 3.05) is 17.3 Å². The van der Waals surface area contributed by atoms with E-state index in [9.17, 15) is 4.79 Å². The summed E-state index contributed by atoms with van der Waals surface area (Å²) in [5.41, 5.74) is 0.697. The third-order valence-corrected chi connectivity index (χ3v) is 3.21. The van der Waals surface area contributed by atoms with Crippen LogP contribution in [0.1, 0.15) is 0 Å². The first-order valence-corrected chi connectivity index (χ1v) is 6.12. The predicted molar refractivity (Wildman–Crippen MR) is 71.0 cm³/mol. The van der Waals surface area contributed by atoms with E-state index in [-0.39, 0.29) is 6.03 Å². The summed E-state index contributed by atoms with van der Waals surface area (Å²) >= 11 is 7.17. The molecule has 0 saturated carbocycles. The van der Waals surface area contributed by atoms with E-state index >= 15 is 0 Å². The van der Waals surface area contributed by atoms with Crippen molar-refractivity contribution in [2.45, 2.75) is 0 Å². The number of nitrogens with zero attached hydrogens (tertiary/aromatic N) is 2. The topological polar surface area (TPSA) is 45.2 Å².